The quantitative estimate of drug-likeness (QED) is 0.447. The van der Waals surface area contributed by atoms with Crippen molar-refractivity contribution >= 4 is 11.9 Å². The molecule has 4 nitrogen and oxygen atoms in total. The summed E-state index contributed by atoms with van der Waals surface area (Å²) in [6.45, 7) is 0. The standard InChI is InChI=1S/C7H11NO3.Na/c9-6-3-1-5(8-6)2-4-7(10)11;/h5H,1-4H2,(H,8,9)(H,10,11);/q;+1/p-1. The number of hydrogen-bond donors (Lipinski definition) is 1. The van der Waals surface area contributed by atoms with E-state index < -0.39 is 5.97 Å². The van der Waals surface area contributed by atoms with Gasteiger partial charge in [0.15, 0.2) is 0 Å². The maximum atomic E-state index is 10.6. The summed E-state index contributed by atoms with van der Waals surface area (Å²) in [5.74, 6) is -1.03. The van der Waals surface area contributed by atoms with Crippen LogP contribution in [0.15, 0.2) is 0 Å². The van der Waals surface area contributed by atoms with Crippen molar-refractivity contribution in [2.75, 3.05) is 0 Å². The molecule has 0 spiro atoms. The second kappa shape index (κ2) is 5.56. The molecule has 0 aromatic carbocycles. The summed E-state index contributed by atoms with van der Waals surface area (Å²) < 4.78 is 0. The van der Waals surface area contributed by atoms with Crippen LogP contribution < -0.4 is 40.0 Å². The first kappa shape index (κ1) is 11.9. The Morgan fingerprint density at radius 3 is 2.75 bits per heavy atom. The Morgan fingerprint density at radius 2 is 2.33 bits per heavy atom. The van der Waals surface area contributed by atoms with Crippen LogP contribution in [0, 0.1) is 0 Å². The second-order valence-electron chi connectivity index (χ2n) is 2.71. The molecule has 1 aliphatic heterocycles. The molecule has 5 heteroatoms. The van der Waals surface area contributed by atoms with E-state index in [2.05, 4.69) is 5.32 Å². The van der Waals surface area contributed by atoms with Crippen molar-refractivity contribution in [1.82, 2.24) is 5.32 Å². The van der Waals surface area contributed by atoms with E-state index in [9.17, 15) is 14.7 Å². The van der Waals surface area contributed by atoms with Gasteiger partial charge in [-0.2, -0.15) is 0 Å². The third-order valence-electron chi connectivity index (χ3n) is 1.78. The van der Waals surface area contributed by atoms with Crippen LogP contribution in [0.1, 0.15) is 25.7 Å². The van der Waals surface area contributed by atoms with E-state index in [1.54, 1.807) is 0 Å². The minimum atomic E-state index is -1.05. The van der Waals surface area contributed by atoms with Crippen molar-refractivity contribution in [3.8, 4) is 0 Å². The van der Waals surface area contributed by atoms with Gasteiger partial charge in [-0.25, -0.2) is 0 Å². The Morgan fingerprint density at radius 1 is 1.67 bits per heavy atom. The van der Waals surface area contributed by atoms with Crippen LogP contribution in [0.3, 0.4) is 0 Å². The van der Waals surface area contributed by atoms with Crippen LogP contribution in [0.5, 0.6) is 0 Å². The number of carboxylic acid groups (broad SMARTS) is 1. The Balaban J connectivity index is 0.00000121. The van der Waals surface area contributed by atoms with Crippen molar-refractivity contribution in [3.63, 3.8) is 0 Å². The maximum absolute atomic E-state index is 10.6. The van der Waals surface area contributed by atoms with Crippen molar-refractivity contribution in [1.29, 1.82) is 0 Å². The van der Waals surface area contributed by atoms with Crippen molar-refractivity contribution in [2.24, 2.45) is 0 Å². The molecule has 62 valence electrons. The van der Waals surface area contributed by atoms with Gasteiger partial charge in [-0.3, -0.25) is 4.79 Å². The van der Waals surface area contributed by atoms with Crippen LogP contribution >= 0.6 is 0 Å². The average Bonchev–Trinajstić information content (AvgIpc) is 2.31. The zero-order valence-electron chi connectivity index (χ0n) is 7.13. The summed E-state index contributed by atoms with van der Waals surface area (Å²) >= 11 is 0. The topological polar surface area (TPSA) is 69.2 Å². The Hall–Kier alpha value is -0.0600. The van der Waals surface area contributed by atoms with Gasteiger partial charge < -0.3 is 15.2 Å². The smallest absolute Gasteiger partial charge is 0.550 e. The molecule has 1 atom stereocenters. The van der Waals surface area contributed by atoms with Gasteiger partial charge in [-0.1, -0.05) is 0 Å². The Kier molecular flexibility index (Phi) is 5.53. The van der Waals surface area contributed by atoms with E-state index >= 15 is 0 Å². The van der Waals surface area contributed by atoms with E-state index in [1.807, 2.05) is 0 Å². The predicted molar refractivity (Wildman–Crippen MR) is 35.4 cm³/mol. The van der Waals surface area contributed by atoms with Crippen LogP contribution in [-0.4, -0.2) is 17.9 Å². The summed E-state index contributed by atoms with van der Waals surface area (Å²) in [5, 5.41) is 12.7. The summed E-state index contributed by atoms with van der Waals surface area (Å²) in [6, 6.07) is 0.0559. The minimum Gasteiger partial charge on any atom is -0.550 e. The fourth-order valence-electron chi connectivity index (χ4n) is 1.19. The third-order valence-corrected chi connectivity index (χ3v) is 1.78. The van der Waals surface area contributed by atoms with Crippen LogP contribution in [-0.2, 0) is 9.59 Å². The van der Waals surface area contributed by atoms with E-state index in [1.165, 1.54) is 0 Å². The number of carbonyl (C=O) groups excluding carboxylic acids is 2. The number of rotatable bonds is 3. The van der Waals surface area contributed by atoms with Crippen molar-refractivity contribution in [3.05, 3.63) is 0 Å². The zero-order chi connectivity index (χ0) is 8.27. The summed E-state index contributed by atoms with van der Waals surface area (Å²) in [4.78, 5) is 20.6. The zero-order valence-corrected chi connectivity index (χ0v) is 9.13. The molecule has 1 aliphatic rings. The largest absolute Gasteiger partial charge is 1.00 e. The van der Waals surface area contributed by atoms with E-state index in [4.69, 9.17) is 0 Å². The van der Waals surface area contributed by atoms with E-state index in [0.717, 1.165) is 6.42 Å². The molecular formula is C7H10NNaO3. The number of carboxylic acids is 1. The van der Waals surface area contributed by atoms with Gasteiger partial charge in [0.25, 0.3) is 0 Å². The Bertz CT molecular complexity index is 183. The van der Waals surface area contributed by atoms with Gasteiger partial charge in [-0.05, 0) is 19.3 Å². The molecule has 0 aliphatic carbocycles. The number of amides is 1. The molecule has 1 fully saturated rings. The number of carbonyl (C=O) groups is 2. The van der Waals surface area contributed by atoms with Crippen molar-refractivity contribution in [2.45, 2.75) is 31.7 Å². The fourth-order valence-corrected chi connectivity index (χ4v) is 1.19. The van der Waals surface area contributed by atoms with Gasteiger partial charge >= 0.3 is 29.6 Å². The van der Waals surface area contributed by atoms with Crippen LogP contribution in [0.25, 0.3) is 0 Å². The number of nitrogens with one attached hydrogen (secondary N) is 1. The monoisotopic (exact) mass is 179 g/mol. The molecule has 1 rings (SSSR count). The van der Waals surface area contributed by atoms with Gasteiger partial charge in [0.1, 0.15) is 0 Å². The first-order valence-corrected chi connectivity index (χ1v) is 3.67. The molecule has 0 aromatic heterocycles. The molecule has 1 N–H and O–H groups in total. The third kappa shape index (κ3) is 4.09. The molecule has 12 heavy (non-hydrogen) atoms. The van der Waals surface area contributed by atoms with Gasteiger partial charge in [0.05, 0.1) is 0 Å². The van der Waals surface area contributed by atoms with Gasteiger partial charge in [-0.15, -0.1) is 0 Å². The minimum absolute atomic E-state index is 0. The second-order valence-corrected chi connectivity index (χ2v) is 2.71. The average molecular weight is 179 g/mol. The summed E-state index contributed by atoms with van der Waals surface area (Å²) in [5.41, 5.74) is 0. The molecule has 1 heterocycles. The molecule has 1 amide bonds. The molecule has 1 unspecified atom stereocenters. The molecule has 0 saturated carbocycles. The van der Waals surface area contributed by atoms with Crippen LogP contribution in [0.2, 0.25) is 0 Å². The molecule has 0 bridgehead atoms. The van der Waals surface area contributed by atoms with Gasteiger partial charge in [0.2, 0.25) is 5.91 Å². The molecule has 0 aromatic rings. The summed E-state index contributed by atoms with van der Waals surface area (Å²) in [6.07, 6.45) is 1.81. The number of aliphatic carboxylic acids is 1. The first-order chi connectivity index (χ1) is 5.18. The maximum Gasteiger partial charge on any atom is 1.00 e. The molecular weight excluding hydrogens is 169 g/mol. The first-order valence-electron chi connectivity index (χ1n) is 3.67. The van der Waals surface area contributed by atoms with Crippen LogP contribution in [0.4, 0.5) is 0 Å². The molecule has 1 saturated heterocycles. The predicted octanol–water partition coefficient (Wildman–Crippen LogP) is -4.20. The molecule has 0 radical (unpaired) electrons. The Labute approximate surface area is 93.0 Å². The normalized spacial score (nSPS) is 21.3. The van der Waals surface area contributed by atoms with E-state index in [-0.39, 0.29) is 47.9 Å². The fraction of sp³-hybridized carbons (Fsp3) is 0.714. The van der Waals surface area contributed by atoms with Gasteiger partial charge in [0, 0.05) is 18.4 Å². The SMILES string of the molecule is O=C([O-])CCC1CCC(=O)N1.[Na+]. The summed E-state index contributed by atoms with van der Waals surface area (Å²) in [7, 11) is 0. The number of hydrogen-bond acceptors (Lipinski definition) is 3. The van der Waals surface area contributed by atoms with Crippen molar-refractivity contribution < 1.29 is 44.3 Å². The van der Waals surface area contributed by atoms with E-state index in [0.29, 0.717) is 12.8 Å².